The molecule has 0 aliphatic carbocycles. The Labute approximate surface area is 95.5 Å². The van der Waals surface area contributed by atoms with Gasteiger partial charge in [0.15, 0.2) is 0 Å². The highest BCUT2D eigenvalue weighted by molar-refractivity contribution is 6.30. The minimum atomic E-state index is 0.739. The Balaban J connectivity index is 0.000000531. The van der Waals surface area contributed by atoms with Crippen LogP contribution >= 0.6 is 11.6 Å². The molecule has 0 saturated carbocycles. The first-order valence-corrected chi connectivity index (χ1v) is 5.39. The molecule has 0 spiro atoms. The van der Waals surface area contributed by atoms with Gasteiger partial charge in [0.1, 0.15) is 0 Å². The number of rotatable bonds is 1. The largest absolute Gasteiger partial charge is 0.275 e. The highest BCUT2D eigenvalue weighted by Crippen LogP contribution is 2.20. The minimum absolute atomic E-state index is 0.739. The van der Waals surface area contributed by atoms with Crippen LogP contribution in [0, 0.1) is 0 Å². The summed E-state index contributed by atoms with van der Waals surface area (Å²) in [5, 5.41) is 5.02. The standard InChI is InChI=1S/C10H9ClN2.C2H6/c1-13-6-5-10(12-13)8-3-2-4-9(11)7-8;1-2/h2-7H,1H3;1-2H3. The van der Waals surface area contributed by atoms with E-state index in [1.165, 1.54) is 0 Å². The van der Waals surface area contributed by atoms with Crippen LogP contribution in [-0.2, 0) is 7.05 Å². The van der Waals surface area contributed by atoms with Gasteiger partial charge in [-0.1, -0.05) is 37.6 Å². The van der Waals surface area contributed by atoms with Crippen LogP contribution in [0.2, 0.25) is 5.02 Å². The molecule has 0 aliphatic heterocycles. The van der Waals surface area contributed by atoms with E-state index >= 15 is 0 Å². The average Bonchev–Trinajstić information content (AvgIpc) is 2.68. The molecule has 2 nitrogen and oxygen atoms in total. The molecule has 1 aromatic carbocycles. The highest BCUT2D eigenvalue weighted by Gasteiger charge is 2.00. The van der Waals surface area contributed by atoms with Gasteiger partial charge in [-0.3, -0.25) is 4.68 Å². The maximum atomic E-state index is 5.87. The van der Waals surface area contributed by atoms with Crippen LogP contribution in [-0.4, -0.2) is 9.78 Å². The van der Waals surface area contributed by atoms with Crippen molar-refractivity contribution < 1.29 is 0 Å². The Kier molecular flexibility index (Phi) is 4.37. The molecule has 0 unspecified atom stereocenters. The van der Waals surface area contributed by atoms with Crippen molar-refractivity contribution in [3.8, 4) is 11.3 Å². The first-order chi connectivity index (χ1) is 7.25. The molecule has 0 saturated heterocycles. The molecule has 0 atom stereocenters. The molecule has 80 valence electrons. The second-order valence-corrected chi connectivity index (χ2v) is 3.32. The zero-order valence-corrected chi connectivity index (χ0v) is 9.99. The average molecular weight is 223 g/mol. The van der Waals surface area contributed by atoms with Crippen molar-refractivity contribution in [2.75, 3.05) is 0 Å². The summed E-state index contributed by atoms with van der Waals surface area (Å²) in [6.45, 7) is 4.00. The smallest absolute Gasteiger partial charge is 0.0923 e. The highest BCUT2D eigenvalue weighted by atomic mass is 35.5. The monoisotopic (exact) mass is 222 g/mol. The molecule has 0 bridgehead atoms. The van der Waals surface area contributed by atoms with Crippen LogP contribution in [0.15, 0.2) is 36.5 Å². The minimum Gasteiger partial charge on any atom is -0.275 e. The fraction of sp³-hybridized carbons (Fsp3) is 0.250. The van der Waals surface area contributed by atoms with Gasteiger partial charge in [-0.25, -0.2) is 0 Å². The second-order valence-electron chi connectivity index (χ2n) is 2.88. The van der Waals surface area contributed by atoms with Crippen LogP contribution in [0.5, 0.6) is 0 Å². The fourth-order valence-corrected chi connectivity index (χ4v) is 1.41. The first kappa shape index (κ1) is 11.8. The van der Waals surface area contributed by atoms with Crippen molar-refractivity contribution in [2.45, 2.75) is 13.8 Å². The van der Waals surface area contributed by atoms with Gasteiger partial charge >= 0.3 is 0 Å². The van der Waals surface area contributed by atoms with Crippen molar-refractivity contribution >= 4 is 11.6 Å². The molecule has 3 heteroatoms. The summed E-state index contributed by atoms with van der Waals surface area (Å²) in [7, 11) is 1.90. The van der Waals surface area contributed by atoms with E-state index in [1.807, 2.05) is 57.4 Å². The third kappa shape index (κ3) is 3.10. The summed E-state index contributed by atoms with van der Waals surface area (Å²) in [6.07, 6.45) is 1.91. The van der Waals surface area contributed by atoms with E-state index in [4.69, 9.17) is 11.6 Å². The zero-order valence-electron chi connectivity index (χ0n) is 9.24. The Bertz CT molecular complexity index is 421. The number of nitrogens with zero attached hydrogens (tertiary/aromatic N) is 2. The van der Waals surface area contributed by atoms with Gasteiger partial charge < -0.3 is 0 Å². The van der Waals surface area contributed by atoms with Crippen molar-refractivity contribution in [1.82, 2.24) is 9.78 Å². The molecule has 0 amide bonds. The second kappa shape index (κ2) is 5.56. The Hall–Kier alpha value is -1.28. The lowest BCUT2D eigenvalue weighted by atomic mass is 10.2. The molecule has 2 rings (SSSR count). The number of aryl methyl sites for hydroxylation is 1. The summed E-state index contributed by atoms with van der Waals surface area (Å²) in [6, 6.07) is 9.64. The van der Waals surface area contributed by atoms with Crippen LogP contribution in [0.3, 0.4) is 0 Å². The fourth-order valence-electron chi connectivity index (χ4n) is 1.22. The number of benzene rings is 1. The quantitative estimate of drug-likeness (QED) is 0.718. The molecular weight excluding hydrogens is 208 g/mol. The Morgan fingerprint density at radius 2 is 1.93 bits per heavy atom. The zero-order chi connectivity index (χ0) is 11.3. The summed E-state index contributed by atoms with van der Waals surface area (Å²) in [4.78, 5) is 0. The van der Waals surface area contributed by atoms with E-state index in [9.17, 15) is 0 Å². The molecular formula is C12H15ClN2. The summed E-state index contributed by atoms with van der Waals surface area (Å²) < 4.78 is 1.77. The van der Waals surface area contributed by atoms with E-state index < -0.39 is 0 Å². The Morgan fingerprint density at radius 3 is 2.47 bits per heavy atom. The van der Waals surface area contributed by atoms with E-state index in [-0.39, 0.29) is 0 Å². The van der Waals surface area contributed by atoms with Gasteiger partial charge in [-0.2, -0.15) is 5.10 Å². The van der Waals surface area contributed by atoms with Crippen LogP contribution in [0.4, 0.5) is 0 Å². The summed E-state index contributed by atoms with van der Waals surface area (Å²) in [5.74, 6) is 0. The van der Waals surface area contributed by atoms with Crippen molar-refractivity contribution in [2.24, 2.45) is 7.05 Å². The predicted molar refractivity (Wildman–Crippen MR) is 65.0 cm³/mol. The summed E-state index contributed by atoms with van der Waals surface area (Å²) in [5.41, 5.74) is 2.00. The first-order valence-electron chi connectivity index (χ1n) is 5.01. The molecule has 0 aliphatic rings. The van der Waals surface area contributed by atoms with Gasteiger partial charge in [0, 0.05) is 23.8 Å². The topological polar surface area (TPSA) is 17.8 Å². The lowest BCUT2D eigenvalue weighted by Gasteiger charge is -1.96. The molecule has 2 aromatic rings. The number of hydrogen-bond acceptors (Lipinski definition) is 1. The van der Waals surface area contributed by atoms with E-state index in [0.717, 1.165) is 16.3 Å². The maximum Gasteiger partial charge on any atom is 0.0923 e. The van der Waals surface area contributed by atoms with E-state index in [2.05, 4.69) is 5.10 Å². The summed E-state index contributed by atoms with van der Waals surface area (Å²) >= 11 is 5.87. The van der Waals surface area contributed by atoms with Gasteiger partial charge in [0.25, 0.3) is 0 Å². The molecule has 15 heavy (non-hydrogen) atoms. The maximum absolute atomic E-state index is 5.87. The predicted octanol–water partition coefficient (Wildman–Crippen LogP) is 3.77. The van der Waals surface area contributed by atoms with Gasteiger partial charge in [0.05, 0.1) is 5.69 Å². The van der Waals surface area contributed by atoms with Crippen LogP contribution in [0.25, 0.3) is 11.3 Å². The molecule has 1 heterocycles. The number of hydrogen-bond donors (Lipinski definition) is 0. The third-order valence-electron chi connectivity index (χ3n) is 1.83. The van der Waals surface area contributed by atoms with E-state index in [0.29, 0.717) is 0 Å². The Morgan fingerprint density at radius 1 is 1.20 bits per heavy atom. The van der Waals surface area contributed by atoms with Crippen molar-refractivity contribution in [1.29, 1.82) is 0 Å². The number of aromatic nitrogens is 2. The molecule has 0 N–H and O–H groups in total. The van der Waals surface area contributed by atoms with E-state index in [1.54, 1.807) is 4.68 Å². The lowest BCUT2D eigenvalue weighted by Crippen LogP contribution is -1.87. The normalized spacial score (nSPS) is 9.33. The van der Waals surface area contributed by atoms with Gasteiger partial charge in [-0.05, 0) is 18.2 Å². The molecule has 0 radical (unpaired) electrons. The van der Waals surface area contributed by atoms with Gasteiger partial charge in [0.2, 0.25) is 0 Å². The van der Waals surface area contributed by atoms with Crippen molar-refractivity contribution in [3.05, 3.63) is 41.6 Å². The third-order valence-corrected chi connectivity index (χ3v) is 2.07. The van der Waals surface area contributed by atoms with Crippen LogP contribution in [0.1, 0.15) is 13.8 Å². The number of halogens is 1. The van der Waals surface area contributed by atoms with Gasteiger partial charge in [-0.15, -0.1) is 0 Å². The van der Waals surface area contributed by atoms with Crippen molar-refractivity contribution in [3.63, 3.8) is 0 Å². The SMILES string of the molecule is CC.Cn1ccc(-c2cccc(Cl)c2)n1. The van der Waals surface area contributed by atoms with Crippen LogP contribution < -0.4 is 0 Å². The molecule has 0 fully saturated rings. The molecule has 1 aromatic heterocycles. The lowest BCUT2D eigenvalue weighted by molar-refractivity contribution is 0.771.